The van der Waals surface area contributed by atoms with Crippen LogP contribution in [-0.2, 0) is 0 Å². The number of benzene rings is 2. The summed E-state index contributed by atoms with van der Waals surface area (Å²) in [6.45, 7) is 2.96. The monoisotopic (exact) mass is 255 g/mol. The van der Waals surface area contributed by atoms with Crippen molar-refractivity contribution in [2.24, 2.45) is 0 Å². The van der Waals surface area contributed by atoms with Crippen molar-refractivity contribution in [3.63, 3.8) is 0 Å². The summed E-state index contributed by atoms with van der Waals surface area (Å²) in [6, 6.07) is 11.2. The number of amides is 1. The molecule has 0 radical (unpaired) electrons. The third kappa shape index (κ3) is 2.16. The molecule has 3 rings (SSSR count). The Kier molecular flexibility index (Phi) is 2.90. The molecule has 0 saturated carbocycles. The molecule has 3 nitrogen and oxygen atoms in total. The molecule has 0 aliphatic carbocycles. The molecule has 3 heteroatoms. The molecule has 1 N–H and O–H groups in total. The van der Waals surface area contributed by atoms with Gasteiger partial charge in [0.25, 0.3) is 5.91 Å². The van der Waals surface area contributed by atoms with Crippen molar-refractivity contribution in [1.82, 2.24) is 4.90 Å². The predicted octanol–water partition coefficient (Wildman–Crippen LogP) is 3.17. The Morgan fingerprint density at radius 2 is 1.95 bits per heavy atom. The van der Waals surface area contributed by atoms with Gasteiger partial charge in [-0.05, 0) is 54.8 Å². The van der Waals surface area contributed by atoms with Gasteiger partial charge < -0.3 is 10.0 Å². The maximum absolute atomic E-state index is 12.4. The lowest BCUT2D eigenvalue weighted by atomic mass is 10.1. The smallest absolute Gasteiger partial charge is 0.254 e. The van der Waals surface area contributed by atoms with Crippen LogP contribution in [0.3, 0.4) is 0 Å². The van der Waals surface area contributed by atoms with Gasteiger partial charge in [-0.1, -0.05) is 12.1 Å². The van der Waals surface area contributed by atoms with Crippen LogP contribution in [0.1, 0.15) is 30.1 Å². The number of carbonyl (C=O) groups is 1. The minimum atomic E-state index is 0.111. The molecule has 1 amide bonds. The normalized spacial score (nSPS) is 19.0. The van der Waals surface area contributed by atoms with E-state index >= 15 is 0 Å². The van der Waals surface area contributed by atoms with Gasteiger partial charge in [-0.25, -0.2) is 0 Å². The summed E-state index contributed by atoms with van der Waals surface area (Å²) in [5.74, 6) is 0.361. The first-order chi connectivity index (χ1) is 9.15. The van der Waals surface area contributed by atoms with Crippen molar-refractivity contribution < 1.29 is 9.90 Å². The Morgan fingerprint density at radius 3 is 2.68 bits per heavy atom. The first kappa shape index (κ1) is 12.0. The van der Waals surface area contributed by atoms with Gasteiger partial charge in [0.1, 0.15) is 5.75 Å². The molecule has 0 aromatic heterocycles. The molecule has 0 bridgehead atoms. The molecule has 1 heterocycles. The van der Waals surface area contributed by atoms with E-state index in [1.165, 1.54) is 0 Å². The molecule has 19 heavy (non-hydrogen) atoms. The highest BCUT2D eigenvalue weighted by molar-refractivity contribution is 5.99. The van der Waals surface area contributed by atoms with E-state index in [9.17, 15) is 9.90 Å². The van der Waals surface area contributed by atoms with Crippen molar-refractivity contribution in [2.45, 2.75) is 25.8 Å². The minimum Gasteiger partial charge on any atom is -0.508 e. The molecular weight excluding hydrogens is 238 g/mol. The number of phenols is 1. The van der Waals surface area contributed by atoms with Crippen LogP contribution in [0.2, 0.25) is 0 Å². The number of hydrogen-bond donors (Lipinski definition) is 1. The molecule has 1 saturated heterocycles. The van der Waals surface area contributed by atoms with Gasteiger partial charge in [-0.2, -0.15) is 0 Å². The van der Waals surface area contributed by atoms with Gasteiger partial charge in [0.2, 0.25) is 0 Å². The van der Waals surface area contributed by atoms with Gasteiger partial charge in [0, 0.05) is 18.2 Å². The van der Waals surface area contributed by atoms with Crippen molar-refractivity contribution in [3.05, 3.63) is 42.0 Å². The minimum absolute atomic E-state index is 0.111. The summed E-state index contributed by atoms with van der Waals surface area (Å²) in [5, 5.41) is 11.4. The zero-order valence-electron chi connectivity index (χ0n) is 11.0. The molecule has 1 aliphatic heterocycles. The first-order valence-corrected chi connectivity index (χ1v) is 6.69. The van der Waals surface area contributed by atoms with Crippen LogP contribution < -0.4 is 0 Å². The quantitative estimate of drug-likeness (QED) is 0.850. The third-order valence-electron chi connectivity index (χ3n) is 3.88. The maximum Gasteiger partial charge on any atom is 0.254 e. The molecule has 98 valence electrons. The summed E-state index contributed by atoms with van der Waals surface area (Å²) in [5.41, 5.74) is 0.729. The molecule has 1 atom stereocenters. The van der Waals surface area contributed by atoms with Crippen LogP contribution in [0.25, 0.3) is 10.8 Å². The molecule has 0 spiro atoms. The average molecular weight is 255 g/mol. The average Bonchev–Trinajstić information content (AvgIpc) is 2.83. The number of nitrogens with zero attached hydrogens (tertiary/aromatic N) is 1. The van der Waals surface area contributed by atoms with Gasteiger partial charge in [-0.15, -0.1) is 0 Å². The highest BCUT2D eigenvalue weighted by Crippen LogP contribution is 2.24. The SMILES string of the molecule is C[C@H]1CCCN1C(=O)c1ccc2cc(O)ccc2c1. The lowest BCUT2D eigenvalue weighted by molar-refractivity contribution is 0.0747. The summed E-state index contributed by atoms with van der Waals surface area (Å²) in [7, 11) is 0. The molecule has 2 aromatic rings. The largest absolute Gasteiger partial charge is 0.508 e. The lowest BCUT2D eigenvalue weighted by Gasteiger charge is -2.21. The Morgan fingerprint density at radius 1 is 1.21 bits per heavy atom. The Bertz CT molecular complexity index is 636. The summed E-state index contributed by atoms with van der Waals surface area (Å²) in [4.78, 5) is 14.4. The zero-order valence-corrected chi connectivity index (χ0v) is 11.0. The number of phenolic OH excluding ortho intramolecular Hbond substituents is 1. The number of hydrogen-bond acceptors (Lipinski definition) is 2. The van der Waals surface area contributed by atoms with E-state index in [0.29, 0.717) is 6.04 Å². The number of fused-ring (bicyclic) bond motifs is 1. The lowest BCUT2D eigenvalue weighted by Crippen LogP contribution is -2.33. The second-order valence-corrected chi connectivity index (χ2v) is 5.24. The summed E-state index contributed by atoms with van der Waals surface area (Å²) in [6.07, 6.45) is 2.18. The van der Waals surface area contributed by atoms with E-state index in [0.717, 1.165) is 35.7 Å². The standard InChI is InChI=1S/C16H17NO2/c1-11-3-2-8-17(11)16(19)14-5-4-13-10-15(18)7-6-12(13)9-14/h4-7,9-11,18H,2-3,8H2,1H3/t11-/m0/s1. The fourth-order valence-corrected chi connectivity index (χ4v) is 2.77. The molecular formula is C16H17NO2. The van der Waals surface area contributed by atoms with E-state index < -0.39 is 0 Å². The number of rotatable bonds is 1. The maximum atomic E-state index is 12.4. The Hall–Kier alpha value is -2.03. The highest BCUT2D eigenvalue weighted by Gasteiger charge is 2.25. The van der Waals surface area contributed by atoms with E-state index in [2.05, 4.69) is 6.92 Å². The van der Waals surface area contributed by atoms with E-state index in [1.54, 1.807) is 12.1 Å². The Labute approximate surface area is 112 Å². The van der Waals surface area contributed by atoms with Crippen molar-refractivity contribution >= 4 is 16.7 Å². The fourth-order valence-electron chi connectivity index (χ4n) is 2.77. The van der Waals surface area contributed by atoms with Crippen LogP contribution in [-0.4, -0.2) is 28.5 Å². The van der Waals surface area contributed by atoms with Crippen molar-refractivity contribution in [3.8, 4) is 5.75 Å². The van der Waals surface area contributed by atoms with Gasteiger partial charge in [0.05, 0.1) is 0 Å². The van der Waals surface area contributed by atoms with Crippen LogP contribution in [0.4, 0.5) is 0 Å². The summed E-state index contributed by atoms with van der Waals surface area (Å²) < 4.78 is 0. The van der Waals surface area contributed by atoms with Crippen LogP contribution in [0.15, 0.2) is 36.4 Å². The zero-order chi connectivity index (χ0) is 13.4. The molecule has 0 unspecified atom stereocenters. The van der Waals surface area contributed by atoms with Crippen molar-refractivity contribution in [2.75, 3.05) is 6.54 Å². The highest BCUT2D eigenvalue weighted by atomic mass is 16.3. The fraction of sp³-hybridized carbons (Fsp3) is 0.312. The van der Waals surface area contributed by atoms with Crippen molar-refractivity contribution in [1.29, 1.82) is 0 Å². The topological polar surface area (TPSA) is 40.5 Å². The van der Waals surface area contributed by atoms with Gasteiger partial charge >= 0.3 is 0 Å². The molecule has 1 fully saturated rings. The van der Waals surface area contributed by atoms with Gasteiger partial charge in [0.15, 0.2) is 0 Å². The van der Waals surface area contributed by atoms with E-state index in [1.807, 2.05) is 29.2 Å². The third-order valence-corrected chi connectivity index (χ3v) is 3.88. The molecule has 1 aliphatic rings. The molecule has 2 aromatic carbocycles. The van der Waals surface area contributed by atoms with Gasteiger partial charge in [-0.3, -0.25) is 4.79 Å². The summed E-state index contributed by atoms with van der Waals surface area (Å²) >= 11 is 0. The second kappa shape index (κ2) is 4.57. The van der Waals surface area contributed by atoms with E-state index in [4.69, 9.17) is 0 Å². The number of likely N-dealkylation sites (tertiary alicyclic amines) is 1. The Balaban J connectivity index is 1.97. The van der Waals surface area contributed by atoms with Crippen LogP contribution in [0, 0.1) is 0 Å². The second-order valence-electron chi connectivity index (χ2n) is 5.24. The number of aromatic hydroxyl groups is 1. The van der Waals surface area contributed by atoms with E-state index in [-0.39, 0.29) is 11.7 Å². The van der Waals surface area contributed by atoms with Crippen LogP contribution in [0.5, 0.6) is 5.75 Å². The van der Waals surface area contributed by atoms with Crippen LogP contribution >= 0.6 is 0 Å². The first-order valence-electron chi connectivity index (χ1n) is 6.69. The predicted molar refractivity (Wildman–Crippen MR) is 75.3 cm³/mol. The number of carbonyl (C=O) groups excluding carboxylic acids is 1.